The Morgan fingerprint density at radius 1 is 0.630 bits per heavy atom. The summed E-state index contributed by atoms with van der Waals surface area (Å²) in [7, 11) is 0. The second-order valence-corrected chi connectivity index (χ2v) is 6.84. The van der Waals surface area contributed by atoms with Crippen molar-refractivity contribution in [1.29, 1.82) is 0 Å². The van der Waals surface area contributed by atoms with E-state index in [0.29, 0.717) is 5.02 Å². The molecule has 1 heterocycles. The fraction of sp³-hybridized carbons (Fsp3) is 0. The molecule has 0 saturated heterocycles. The largest absolute Gasteiger partial charge is 0.456 e. The molecule has 0 atom stereocenters. The van der Waals surface area contributed by atoms with Crippen molar-refractivity contribution >= 4 is 50.6 Å². The van der Waals surface area contributed by atoms with Crippen molar-refractivity contribution < 1.29 is 4.42 Å². The molecule has 130 valence electrons. The Balaban J connectivity index is 1.85. The molecule has 1 aromatic heterocycles. The number of benzene rings is 4. The first-order valence-corrected chi connectivity index (χ1v) is 9.20. The van der Waals surface area contributed by atoms with Gasteiger partial charge in [-0.2, -0.15) is 0 Å². The third-order valence-electron chi connectivity index (χ3n) is 4.70. The lowest BCUT2D eigenvalue weighted by atomic mass is 10.1. The highest BCUT2D eigenvalue weighted by molar-refractivity contribution is 6.31. The Hall–Kier alpha value is -3.23. The van der Waals surface area contributed by atoms with Crippen LogP contribution < -0.4 is 4.90 Å². The van der Waals surface area contributed by atoms with Crippen LogP contribution in [0, 0.1) is 0 Å². The molecule has 0 saturated carbocycles. The molecule has 0 radical (unpaired) electrons. The molecule has 3 heteroatoms. The topological polar surface area (TPSA) is 16.4 Å². The average Bonchev–Trinajstić information content (AvgIpc) is 3.09. The predicted molar refractivity (Wildman–Crippen MR) is 113 cm³/mol. The van der Waals surface area contributed by atoms with Gasteiger partial charge >= 0.3 is 0 Å². The molecule has 4 aromatic carbocycles. The van der Waals surface area contributed by atoms with Crippen LogP contribution in [0.2, 0.25) is 5.02 Å². The number of furan rings is 1. The fourth-order valence-electron chi connectivity index (χ4n) is 3.56. The summed E-state index contributed by atoms with van der Waals surface area (Å²) in [6, 6.07) is 32.5. The average molecular weight is 370 g/mol. The van der Waals surface area contributed by atoms with Crippen LogP contribution in [0.25, 0.3) is 21.9 Å². The van der Waals surface area contributed by atoms with Gasteiger partial charge in [0, 0.05) is 21.8 Å². The van der Waals surface area contributed by atoms with Gasteiger partial charge in [-0.15, -0.1) is 0 Å². The fourth-order valence-corrected chi connectivity index (χ4v) is 3.75. The van der Waals surface area contributed by atoms with Crippen molar-refractivity contribution in [3.8, 4) is 0 Å². The first-order valence-electron chi connectivity index (χ1n) is 8.82. The maximum atomic E-state index is 6.31. The lowest BCUT2D eigenvalue weighted by Gasteiger charge is -2.26. The van der Waals surface area contributed by atoms with Crippen molar-refractivity contribution in [2.75, 3.05) is 4.90 Å². The number of rotatable bonds is 3. The van der Waals surface area contributed by atoms with Crippen LogP contribution in [0.4, 0.5) is 17.1 Å². The number of hydrogen-bond donors (Lipinski definition) is 0. The number of anilines is 3. The van der Waals surface area contributed by atoms with Crippen LogP contribution in [0.15, 0.2) is 101 Å². The molecule has 0 N–H and O–H groups in total. The van der Waals surface area contributed by atoms with Gasteiger partial charge in [0.15, 0.2) is 0 Å². The summed E-state index contributed by atoms with van der Waals surface area (Å²) in [5, 5.41) is 2.90. The standard InChI is InChI=1S/C24H16ClNO/c25-17-8-6-11-19(16-17)26(18-9-2-1-3-10-18)21-13-7-15-23-24(21)20-12-4-5-14-22(20)27-23/h1-16H. The van der Waals surface area contributed by atoms with Gasteiger partial charge in [0.1, 0.15) is 11.2 Å². The zero-order valence-corrected chi connectivity index (χ0v) is 15.2. The van der Waals surface area contributed by atoms with Crippen LogP contribution in [-0.4, -0.2) is 0 Å². The minimum Gasteiger partial charge on any atom is -0.456 e. The molecule has 0 fully saturated rings. The van der Waals surface area contributed by atoms with E-state index in [-0.39, 0.29) is 0 Å². The minimum absolute atomic E-state index is 0.706. The van der Waals surface area contributed by atoms with Crippen LogP contribution in [0.5, 0.6) is 0 Å². The summed E-state index contributed by atoms with van der Waals surface area (Å²) >= 11 is 6.31. The Kier molecular flexibility index (Phi) is 3.84. The molecule has 5 aromatic rings. The monoisotopic (exact) mass is 369 g/mol. The molecule has 0 aliphatic rings. The van der Waals surface area contributed by atoms with E-state index in [2.05, 4.69) is 35.2 Å². The predicted octanol–water partition coefficient (Wildman–Crippen LogP) is 7.71. The Labute approximate surface area is 162 Å². The van der Waals surface area contributed by atoms with E-state index in [1.54, 1.807) is 0 Å². The van der Waals surface area contributed by atoms with Gasteiger partial charge in [0.25, 0.3) is 0 Å². The number of hydrogen-bond acceptors (Lipinski definition) is 2. The number of nitrogens with zero attached hydrogens (tertiary/aromatic N) is 1. The van der Waals surface area contributed by atoms with Crippen molar-refractivity contribution in [2.24, 2.45) is 0 Å². The second-order valence-electron chi connectivity index (χ2n) is 6.40. The Morgan fingerprint density at radius 2 is 1.33 bits per heavy atom. The van der Waals surface area contributed by atoms with Crippen molar-refractivity contribution in [3.05, 3.63) is 102 Å². The third-order valence-corrected chi connectivity index (χ3v) is 4.94. The maximum Gasteiger partial charge on any atom is 0.137 e. The third kappa shape index (κ3) is 2.75. The van der Waals surface area contributed by atoms with Crippen LogP contribution in [0.3, 0.4) is 0 Å². The van der Waals surface area contributed by atoms with Gasteiger partial charge in [-0.3, -0.25) is 0 Å². The van der Waals surface area contributed by atoms with E-state index in [9.17, 15) is 0 Å². The molecule has 27 heavy (non-hydrogen) atoms. The van der Waals surface area contributed by atoms with Crippen molar-refractivity contribution in [1.82, 2.24) is 0 Å². The van der Waals surface area contributed by atoms with Gasteiger partial charge in [-0.25, -0.2) is 0 Å². The summed E-state index contributed by atoms with van der Waals surface area (Å²) in [6.45, 7) is 0. The van der Waals surface area contributed by atoms with E-state index < -0.39 is 0 Å². The van der Waals surface area contributed by atoms with Crippen LogP contribution >= 0.6 is 11.6 Å². The van der Waals surface area contributed by atoms with E-state index in [0.717, 1.165) is 39.0 Å². The highest BCUT2D eigenvalue weighted by Gasteiger charge is 2.18. The molecule has 0 unspecified atom stereocenters. The van der Waals surface area contributed by atoms with Gasteiger partial charge in [-0.1, -0.05) is 60.1 Å². The smallest absolute Gasteiger partial charge is 0.137 e. The quantitative estimate of drug-likeness (QED) is 0.324. The molecule has 0 bridgehead atoms. The first kappa shape index (κ1) is 16.0. The van der Waals surface area contributed by atoms with Gasteiger partial charge in [0.2, 0.25) is 0 Å². The molecule has 5 rings (SSSR count). The van der Waals surface area contributed by atoms with Gasteiger partial charge in [-0.05, 0) is 48.5 Å². The SMILES string of the molecule is Clc1cccc(N(c2ccccc2)c2cccc3oc4ccccc4c23)c1. The molecule has 0 aliphatic heterocycles. The Morgan fingerprint density at radius 3 is 2.19 bits per heavy atom. The van der Waals surface area contributed by atoms with Crippen LogP contribution in [-0.2, 0) is 0 Å². The molecule has 0 spiro atoms. The molecule has 2 nitrogen and oxygen atoms in total. The lowest BCUT2D eigenvalue weighted by molar-refractivity contribution is 0.669. The second kappa shape index (κ2) is 6.49. The van der Waals surface area contributed by atoms with E-state index in [1.807, 2.05) is 66.7 Å². The number of halogens is 1. The highest BCUT2D eigenvalue weighted by atomic mass is 35.5. The maximum absolute atomic E-state index is 6.31. The number of para-hydroxylation sites is 2. The summed E-state index contributed by atoms with van der Waals surface area (Å²) in [6.07, 6.45) is 0. The first-order chi connectivity index (χ1) is 13.3. The van der Waals surface area contributed by atoms with E-state index >= 15 is 0 Å². The van der Waals surface area contributed by atoms with Crippen LogP contribution in [0.1, 0.15) is 0 Å². The van der Waals surface area contributed by atoms with E-state index in [1.165, 1.54) is 0 Å². The highest BCUT2D eigenvalue weighted by Crippen LogP contribution is 2.42. The molecular weight excluding hydrogens is 354 g/mol. The molecule has 0 aliphatic carbocycles. The van der Waals surface area contributed by atoms with Crippen molar-refractivity contribution in [3.63, 3.8) is 0 Å². The Bertz CT molecular complexity index is 1240. The summed E-state index contributed by atoms with van der Waals surface area (Å²) in [5.74, 6) is 0. The molecular formula is C24H16ClNO. The lowest BCUT2D eigenvalue weighted by Crippen LogP contribution is -2.10. The van der Waals surface area contributed by atoms with Gasteiger partial charge < -0.3 is 9.32 Å². The summed E-state index contributed by atoms with van der Waals surface area (Å²) in [5.41, 5.74) is 4.89. The summed E-state index contributed by atoms with van der Waals surface area (Å²) < 4.78 is 6.09. The minimum atomic E-state index is 0.706. The zero-order chi connectivity index (χ0) is 18.2. The van der Waals surface area contributed by atoms with Gasteiger partial charge in [0.05, 0.1) is 11.1 Å². The molecule has 0 amide bonds. The number of fused-ring (bicyclic) bond motifs is 3. The summed E-state index contributed by atoms with van der Waals surface area (Å²) in [4.78, 5) is 2.22. The van der Waals surface area contributed by atoms with Crippen molar-refractivity contribution in [2.45, 2.75) is 0 Å². The zero-order valence-electron chi connectivity index (χ0n) is 14.5. The normalized spacial score (nSPS) is 11.1. The van der Waals surface area contributed by atoms with E-state index in [4.69, 9.17) is 16.0 Å².